The first-order valence-corrected chi connectivity index (χ1v) is 7.08. The molecule has 0 saturated carbocycles. The van der Waals surface area contributed by atoms with Crippen molar-refractivity contribution in [1.29, 1.82) is 0 Å². The van der Waals surface area contributed by atoms with Gasteiger partial charge >= 0.3 is 11.9 Å². The molecule has 0 spiro atoms. The number of methoxy groups -OCH3 is 2. The number of esters is 2. The molecule has 0 saturated heterocycles. The van der Waals surface area contributed by atoms with Crippen molar-refractivity contribution in [2.75, 3.05) is 14.2 Å². The lowest BCUT2D eigenvalue weighted by Gasteiger charge is -2.11. The van der Waals surface area contributed by atoms with Crippen molar-refractivity contribution in [3.63, 3.8) is 0 Å². The molecule has 2 aromatic heterocycles. The highest BCUT2D eigenvalue weighted by Crippen LogP contribution is 2.24. The smallest absolute Gasteiger partial charge is 0.357 e. The lowest BCUT2D eigenvalue weighted by molar-refractivity contribution is 0.0550. The van der Waals surface area contributed by atoms with Crippen LogP contribution in [0.1, 0.15) is 20.8 Å². The quantitative estimate of drug-likeness (QED) is 0.526. The van der Waals surface area contributed by atoms with Crippen LogP contribution in [-0.4, -0.2) is 35.7 Å². The number of ether oxygens (including phenoxy) is 2. The minimum Gasteiger partial charge on any atom is -0.465 e. The highest BCUT2D eigenvalue weighted by Gasteiger charge is 2.23. The Morgan fingerprint density at radius 1 is 1.04 bits per heavy atom. The van der Waals surface area contributed by atoms with Crippen molar-refractivity contribution in [3.8, 4) is 0 Å². The Balaban J connectivity index is 2.54. The minimum atomic E-state index is -0.812. The van der Waals surface area contributed by atoms with E-state index in [0.29, 0.717) is 10.9 Å². The van der Waals surface area contributed by atoms with Crippen LogP contribution < -0.4 is 5.56 Å². The van der Waals surface area contributed by atoms with Crippen LogP contribution in [0.25, 0.3) is 21.8 Å². The van der Waals surface area contributed by atoms with Gasteiger partial charge in [0.05, 0.1) is 25.3 Å². The third-order valence-corrected chi connectivity index (χ3v) is 3.87. The average molecular weight is 326 g/mol. The number of pyridine rings is 2. The summed E-state index contributed by atoms with van der Waals surface area (Å²) in [6, 6.07) is 8.69. The van der Waals surface area contributed by atoms with Crippen molar-refractivity contribution in [2.24, 2.45) is 7.05 Å². The van der Waals surface area contributed by atoms with Gasteiger partial charge in [0.25, 0.3) is 5.56 Å². The Labute approximate surface area is 136 Å². The summed E-state index contributed by atoms with van der Waals surface area (Å²) in [6.07, 6.45) is 0. The van der Waals surface area contributed by atoms with Gasteiger partial charge in [-0.3, -0.25) is 4.79 Å². The number of para-hydroxylation sites is 1. The molecule has 2 heterocycles. The van der Waals surface area contributed by atoms with Gasteiger partial charge in [-0.1, -0.05) is 18.2 Å². The van der Waals surface area contributed by atoms with Crippen LogP contribution in [0, 0.1) is 0 Å². The van der Waals surface area contributed by atoms with Gasteiger partial charge < -0.3 is 14.0 Å². The number of aromatic nitrogens is 2. The van der Waals surface area contributed by atoms with Gasteiger partial charge in [-0.25, -0.2) is 14.6 Å². The topological polar surface area (TPSA) is 87.5 Å². The SMILES string of the molecule is COC(=O)c1cc2c(nc1C(=O)OC)c(=O)n(C)c1ccccc21. The monoisotopic (exact) mass is 326 g/mol. The summed E-state index contributed by atoms with van der Waals surface area (Å²) in [5.74, 6) is -1.54. The number of hydrogen-bond acceptors (Lipinski definition) is 6. The minimum absolute atomic E-state index is 0.0461. The highest BCUT2D eigenvalue weighted by atomic mass is 16.5. The van der Waals surface area contributed by atoms with Crippen LogP contribution in [0.2, 0.25) is 0 Å². The number of fused-ring (bicyclic) bond motifs is 3. The number of carbonyl (C=O) groups is 2. The van der Waals surface area contributed by atoms with E-state index in [-0.39, 0.29) is 22.3 Å². The van der Waals surface area contributed by atoms with Gasteiger partial charge in [0, 0.05) is 17.8 Å². The third-order valence-electron chi connectivity index (χ3n) is 3.87. The Bertz CT molecular complexity index is 1050. The lowest BCUT2D eigenvalue weighted by Crippen LogP contribution is -2.21. The van der Waals surface area contributed by atoms with Gasteiger partial charge in [0.15, 0.2) is 5.69 Å². The van der Waals surface area contributed by atoms with E-state index in [1.54, 1.807) is 13.1 Å². The van der Waals surface area contributed by atoms with Crippen LogP contribution in [0.15, 0.2) is 35.1 Å². The molecule has 1 aromatic carbocycles. The molecule has 0 unspecified atom stereocenters. The van der Waals surface area contributed by atoms with Gasteiger partial charge in [-0.05, 0) is 12.1 Å². The fourth-order valence-corrected chi connectivity index (χ4v) is 2.66. The van der Waals surface area contributed by atoms with E-state index in [0.717, 1.165) is 5.39 Å². The Morgan fingerprint density at radius 2 is 1.71 bits per heavy atom. The predicted molar refractivity (Wildman–Crippen MR) is 87.2 cm³/mol. The maximum absolute atomic E-state index is 12.6. The standard InChI is InChI=1S/C17H14N2O5/c1-19-12-7-5-4-6-9(12)10-8-11(16(21)23-2)14(17(22)24-3)18-13(10)15(19)20/h4-8H,1-3H3. The maximum atomic E-state index is 12.6. The van der Waals surface area contributed by atoms with E-state index >= 15 is 0 Å². The summed E-state index contributed by atoms with van der Waals surface area (Å²) in [5, 5.41) is 1.21. The number of carbonyl (C=O) groups excluding carboxylic acids is 2. The van der Waals surface area contributed by atoms with E-state index in [2.05, 4.69) is 9.72 Å². The normalized spacial score (nSPS) is 10.8. The molecular weight excluding hydrogens is 312 g/mol. The summed E-state index contributed by atoms with van der Waals surface area (Å²) in [4.78, 5) is 40.7. The van der Waals surface area contributed by atoms with Crippen molar-refractivity contribution in [2.45, 2.75) is 0 Å². The molecule has 0 aliphatic rings. The fraction of sp³-hybridized carbons (Fsp3) is 0.176. The molecule has 0 aliphatic heterocycles. The van der Waals surface area contributed by atoms with E-state index in [9.17, 15) is 14.4 Å². The van der Waals surface area contributed by atoms with Gasteiger partial charge in [0.1, 0.15) is 5.52 Å². The van der Waals surface area contributed by atoms with Crippen LogP contribution >= 0.6 is 0 Å². The number of benzene rings is 1. The van der Waals surface area contributed by atoms with E-state index in [1.807, 2.05) is 18.2 Å². The summed E-state index contributed by atoms with van der Waals surface area (Å²) < 4.78 is 10.8. The van der Waals surface area contributed by atoms with Crippen LogP contribution in [-0.2, 0) is 16.5 Å². The van der Waals surface area contributed by atoms with Gasteiger partial charge in [-0.2, -0.15) is 0 Å². The summed E-state index contributed by atoms with van der Waals surface area (Å²) in [5.41, 5.74) is 0.118. The zero-order valence-electron chi connectivity index (χ0n) is 13.3. The molecule has 24 heavy (non-hydrogen) atoms. The second-order valence-electron chi connectivity index (χ2n) is 5.15. The van der Waals surface area contributed by atoms with E-state index in [1.165, 1.54) is 24.9 Å². The molecule has 0 atom stereocenters. The molecule has 3 aromatic rings. The molecule has 122 valence electrons. The molecule has 7 heteroatoms. The molecule has 0 N–H and O–H groups in total. The molecular formula is C17H14N2O5. The number of nitrogens with zero attached hydrogens (tertiary/aromatic N) is 2. The predicted octanol–water partition coefficient (Wildman–Crippen LogP) is 1.66. The molecule has 0 amide bonds. The zero-order valence-corrected chi connectivity index (χ0v) is 13.3. The van der Waals surface area contributed by atoms with E-state index < -0.39 is 11.9 Å². The van der Waals surface area contributed by atoms with Crippen molar-refractivity contribution in [1.82, 2.24) is 9.55 Å². The lowest BCUT2D eigenvalue weighted by atomic mass is 10.1. The summed E-state index contributed by atoms with van der Waals surface area (Å²) >= 11 is 0. The molecule has 0 bridgehead atoms. The Kier molecular flexibility index (Phi) is 3.76. The third kappa shape index (κ3) is 2.21. The first-order chi connectivity index (χ1) is 11.5. The molecule has 3 rings (SSSR count). The average Bonchev–Trinajstić information content (AvgIpc) is 2.63. The van der Waals surface area contributed by atoms with Gasteiger partial charge in [0.2, 0.25) is 0 Å². The van der Waals surface area contributed by atoms with E-state index in [4.69, 9.17) is 4.74 Å². The number of aryl methyl sites for hydroxylation is 1. The van der Waals surface area contributed by atoms with Crippen LogP contribution in [0.5, 0.6) is 0 Å². The van der Waals surface area contributed by atoms with Crippen molar-refractivity contribution in [3.05, 3.63) is 51.9 Å². The maximum Gasteiger partial charge on any atom is 0.357 e. The summed E-state index contributed by atoms with van der Waals surface area (Å²) in [7, 11) is 4.00. The van der Waals surface area contributed by atoms with Crippen LogP contribution in [0.3, 0.4) is 0 Å². The Morgan fingerprint density at radius 3 is 2.38 bits per heavy atom. The number of rotatable bonds is 2. The van der Waals surface area contributed by atoms with Crippen molar-refractivity contribution < 1.29 is 19.1 Å². The largest absolute Gasteiger partial charge is 0.465 e. The first-order valence-electron chi connectivity index (χ1n) is 7.08. The number of hydrogen-bond donors (Lipinski definition) is 0. The second kappa shape index (κ2) is 5.77. The van der Waals surface area contributed by atoms with Gasteiger partial charge in [-0.15, -0.1) is 0 Å². The molecule has 0 aliphatic carbocycles. The second-order valence-corrected chi connectivity index (χ2v) is 5.15. The van der Waals surface area contributed by atoms with Crippen molar-refractivity contribution >= 4 is 33.7 Å². The highest BCUT2D eigenvalue weighted by molar-refractivity contribution is 6.10. The first kappa shape index (κ1) is 15.7. The Hall–Kier alpha value is -3.22. The fourth-order valence-electron chi connectivity index (χ4n) is 2.66. The molecule has 7 nitrogen and oxygen atoms in total. The van der Waals surface area contributed by atoms with Crippen LogP contribution in [0.4, 0.5) is 0 Å². The summed E-state index contributed by atoms with van der Waals surface area (Å²) in [6.45, 7) is 0. The molecule has 0 radical (unpaired) electrons. The molecule has 0 fully saturated rings. The zero-order chi connectivity index (χ0) is 17.4.